The maximum atomic E-state index is 13.1. The minimum Gasteiger partial charge on any atom is -0.494 e. The Morgan fingerprint density at radius 2 is 2.21 bits per heavy atom. The molecule has 0 aliphatic carbocycles. The van der Waals surface area contributed by atoms with Gasteiger partial charge in [0.25, 0.3) is 6.43 Å². The summed E-state index contributed by atoms with van der Waals surface area (Å²) in [5.41, 5.74) is -1.59. The topological polar surface area (TPSA) is 39.2 Å². The zero-order valence-corrected chi connectivity index (χ0v) is 7.13. The first-order chi connectivity index (χ1) is 6.61. The molecule has 0 fully saturated rings. The van der Waals surface area contributed by atoms with Crippen molar-refractivity contribution in [1.29, 1.82) is 0 Å². The fraction of sp³-hybridized carbons (Fsp3) is 0.250. The average Bonchev–Trinajstić information content (AvgIpc) is 2.16. The van der Waals surface area contributed by atoms with Gasteiger partial charge in [-0.2, -0.15) is 0 Å². The predicted molar refractivity (Wildman–Crippen MR) is 41.1 cm³/mol. The number of carbonyl (C=O) groups is 1. The summed E-state index contributed by atoms with van der Waals surface area (Å²) in [6, 6.07) is 0. The number of aromatic nitrogens is 1. The van der Waals surface area contributed by atoms with Gasteiger partial charge in [-0.15, -0.1) is 0 Å². The highest BCUT2D eigenvalue weighted by Gasteiger charge is 2.21. The lowest BCUT2D eigenvalue weighted by Gasteiger charge is -2.06. The second-order valence-electron chi connectivity index (χ2n) is 2.36. The Morgan fingerprint density at radius 3 is 2.64 bits per heavy atom. The molecule has 0 spiro atoms. The molecule has 0 saturated carbocycles. The summed E-state index contributed by atoms with van der Waals surface area (Å²) in [5.74, 6) is -1.50. The van der Waals surface area contributed by atoms with E-state index in [-0.39, 0.29) is 12.0 Å². The molecule has 0 aliphatic heterocycles. The van der Waals surface area contributed by atoms with Crippen molar-refractivity contribution < 1.29 is 22.7 Å². The third-order valence-electron chi connectivity index (χ3n) is 1.59. The number of carbonyl (C=O) groups excluding carboxylic acids is 1. The normalized spacial score (nSPS) is 10.4. The number of aldehydes is 1. The van der Waals surface area contributed by atoms with Crippen molar-refractivity contribution >= 4 is 6.29 Å². The molecular weight excluding hydrogens is 199 g/mol. The van der Waals surface area contributed by atoms with E-state index in [9.17, 15) is 18.0 Å². The van der Waals surface area contributed by atoms with Crippen LogP contribution in [0, 0.1) is 5.82 Å². The standard InChI is InChI=1S/C8H6F3NO2/c1-14-5-2-12-7(8(10)11)6(9)4(5)3-13/h2-3,8H,1H3. The second-order valence-corrected chi connectivity index (χ2v) is 2.36. The van der Waals surface area contributed by atoms with E-state index >= 15 is 0 Å². The Morgan fingerprint density at radius 1 is 1.57 bits per heavy atom. The van der Waals surface area contributed by atoms with Crippen molar-refractivity contribution in [3.63, 3.8) is 0 Å². The van der Waals surface area contributed by atoms with Crippen LogP contribution in [0.2, 0.25) is 0 Å². The number of hydrogen-bond acceptors (Lipinski definition) is 3. The highest BCUT2D eigenvalue weighted by atomic mass is 19.3. The molecule has 0 aliphatic rings. The predicted octanol–water partition coefficient (Wildman–Crippen LogP) is 1.98. The van der Waals surface area contributed by atoms with Crippen LogP contribution >= 0.6 is 0 Å². The minimum atomic E-state index is -3.06. The fourth-order valence-electron chi connectivity index (χ4n) is 0.925. The smallest absolute Gasteiger partial charge is 0.283 e. The molecule has 0 amide bonds. The van der Waals surface area contributed by atoms with Crippen LogP contribution in [0.15, 0.2) is 6.20 Å². The molecule has 0 unspecified atom stereocenters. The molecule has 0 radical (unpaired) electrons. The molecule has 0 aromatic carbocycles. The van der Waals surface area contributed by atoms with Gasteiger partial charge >= 0.3 is 0 Å². The summed E-state index contributed by atoms with van der Waals surface area (Å²) in [4.78, 5) is 13.5. The number of hydrogen-bond donors (Lipinski definition) is 0. The molecule has 1 aromatic rings. The summed E-state index contributed by atoms with van der Waals surface area (Å²) in [6.07, 6.45) is -2.06. The molecule has 1 aromatic heterocycles. The lowest BCUT2D eigenvalue weighted by atomic mass is 10.2. The lowest BCUT2D eigenvalue weighted by molar-refractivity contribution is 0.111. The second kappa shape index (κ2) is 4.08. The summed E-state index contributed by atoms with van der Waals surface area (Å²) >= 11 is 0. The summed E-state index contributed by atoms with van der Waals surface area (Å²) < 4.78 is 41.9. The van der Waals surface area contributed by atoms with E-state index in [1.807, 2.05) is 0 Å². The van der Waals surface area contributed by atoms with Crippen LogP contribution in [0.3, 0.4) is 0 Å². The maximum absolute atomic E-state index is 13.1. The Hall–Kier alpha value is -1.59. The Bertz CT molecular complexity index is 355. The van der Waals surface area contributed by atoms with E-state index < -0.39 is 23.5 Å². The number of rotatable bonds is 3. The number of nitrogens with zero attached hydrogens (tertiary/aromatic N) is 1. The van der Waals surface area contributed by atoms with Crippen molar-refractivity contribution in [1.82, 2.24) is 4.98 Å². The van der Waals surface area contributed by atoms with Gasteiger partial charge in [-0.3, -0.25) is 4.79 Å². The van der Waals surface area contributed by atoms with E-state index in [0.717, 1.165) is 6.20 Å². The molecule has 0 atom stereocenters. The molecule has 0 bridgehead atoms. The summed E-state index contributed by atoms with van der Waals surface area (Å²) in [6.45, 7) is 0. The van der Waals surface area contributed by atoms with Crippen molar-refractivity contribution in [3.8, 4) is 5.75 Å². The van der Waals surface area contributed by atoms with Gasteiger partial charge in [0.1, 0.15) is 5.69 Å². The number of ether oxygens (including phenoxy) is 1. The molecule has 76 valence electrons. The SMILES string of the molecule is COc1cnc(C(F)F)c(F)c1C=O. The van der Waals surface area contributed by atoms with Gasteiger partial charge in [0, 0.05) is 0 Å². The first-order valence-electron chi connectivity index (χ1n) is 3.57. The van der Waals surface area contributed by atoms with Crippen molar-refractivity contribution in [2.75, 3.05) is 7.11 Å². The Labute approximate surface area is 77.5 Å². The first kappa shape index (κ1) is 10.5. The van der Waals surface area contributed by atoms with E-state index in [0.29, 0.717) is 0 Å². The molecule has 1 heterocycles. The van der Waals surface area contributed by atoms with E-state index in [4.69, 9.17) is 0 Å². The number of methoxy groups -OCH3 is 1. The zero-order chi connectivity index (χ0) is 10.7. The Kier molecular flexibility index (Phi) is 3.06. The van der Waals surface area contributed by atoms with Crippen molar-refractivity contribution in [3.05, 3.63) is 23.3 Å². The summed E-state index contributed by atoms with van der Waals surface area (Å²) in [5, 5.41) is 0. The summed E-state index contributed by atoms with van der Waals surface area (Å²) in [7, 11) is 1.19. The minimum absolute atomic E-state index is 0.113. The van der Waals surface area contributed by atoms with Crippen molar-refractivity contribution in [2.24, 2.45) is 0 Å². The van der Waals surface area contributed by atoms with E-state index in [2.05, 4.69) is 9.72 Å². The molecule has 1 rings (SSSR count). The van der Waals surface area contributed by atoms with Crippen LogP contribution in [-0.2, 0) is 0 Å². The van der Waals surface area contributed by atoms with Crippen LogP contribution < -0.4 is 4.74 Å². The van der Waals surface area contributed by atoms with Crippen LogP contribution in [0.25, 0.3) is 0 Å². The third kappa shape index (κ3) is 1.68. The molecule has 0 saturated heterocycles. The van der Waals surface area contributed by atoms with Crippen LogP contribution in [-0.4, -0.2) is 18.4 Å². The van der Waals surface area contributed by atoms with Crippen molar-refractivity contribution in [2.45, 2.75) is 6.43 Å². The zero-order valence-electron chi connectivity index (χ0n) is 7.13. The van der Waals surface area contributed by atoms with Gasteiger partial charge in [-0.25, -0.2) is 18.2 Å². The average molecular weight is 205 g/mol. The highest BCUT2D eigenvalue weighted by Crippen LogP contribution is 2.26. The van der Waals surface area contributed by atoms with Gasteiger partial charge in [-0.05, 0) is 0 Å². The lowest BCUT2D eigenvalue weighted by Crippen LogP contribution is -2.03. The fourth-order valence-corrected chi connectivity index (χ4v) is 0.925. The molecule has 0 N–H and O–H groups in total. The molecule has 3 nitrogen and oxygen atoms in total. The number of pyridine rings is 1. The van der Waals surface area contributed by atoms with Gasteiger partial charge < -0.3 is 4.74 Å². The monoisotopic (exact) mass is 205 g/mol. The van der Waals surface area contributed by atoms with Crippen LogP contribution in [0.5, 0.6) is 5.75 Å². The third-order valence-corrected chi connectivity index (χ3v) is 1.59. The van der Waals surface area contributed by atoms with Crippen LogP contribution in [0.4, 0.5) is 13.2 Å². The van der Waals surface area contributed by atoms with E-state index in [1.54, 1.807) is 0 Å². The van der Waals surface area contributed by atoms with Gasteiger partial charge in [-0.1, -0.05) is 0 Å². The molecule has 14 heavy (non-hydrogen) atoms. The largest absolute Gasteiger partial charge is 0.494 e. The number of halogens is 3. The Balaban J connectivity index is 3.34. The van der Waals surface area contributed by atoms with E-state index in [1.165, 1.54) is 7.11 Å². The highest BCUT2D eigenvalue weighted by molar-refractivity contribution is 5.79. The molecular formula is C8H6F3NO2. The quantitative estimate of drug-likeness (QED) is 0.708. The van der Waals surface area contributed by atoms with Gasteiger partial charge in [0.05, 0.1) is 18.9 Å². The first-order valence-corrected chi connectivity index (χ1v) is 3.57. The number of alkyl halides is 2. The van der Waals surface area contributed by atoms with Gasteiger partial charge in [0.2, 0.25) is 0 Å². The van der Waals surface area contributed by atoms with Crippen LogP contribution in [0.1, 0.15) is 22.5 Å². The van der Waals surface area contributed by atoms with Gasteiger partial charge in [0.15, 0.2) is 17.9 Å². The molecule has 6 heteroatoms. The maximum Gasteiger partial charge on any atom is 0.283 e.